The van der Waals surface area contributed by atoms with E-state index in [0.717, 1.165) is 0 Å². The van der Waals surface area contributed by atoms with E-state index in [0.29, 0.717) is 44.0 Å². The van der Waals surface area contributed by atoms with Gasteiger partial charge >= 0.3 is 0 Å². The molecule has 1 atom stereocenters. The highest BCUT2D eigenvalue weighted by molar-refractivity contribution is 7.99. The maximum atomic E-state index is 12.3. The van der Waals surface area contributed by atoms with Crippen LogP contribution in [0.3, 0.4) is 0 Å². The van der Waals surface area contributed by atoms with Gasteiger partial charge in [-0.2, -0.15) is 0 Å². The van der Waals surface area contributed by atoms with Crippen LogP contribution in [0.1, 0.15) is 26.2 Å². The molecule has 6 heteroatoms. The average molecular weight is 270 g/mol. The molecule has 2 aliphatic rings. The fraction of sp³-hybridized carbons (Fsp3) is 0.750. The second kappa shape index (κ2) is 5.73. The lowest BCUT2D eigenvalue weighted by molar-refractivity contribution is -0.144. The van der Waals surface area contributed by atoms with E-state index in [1.165, 1.54) is 0 Å². The number of piperidine rings is 1. The number of thioether (sulfide) groups is 1. The van der Waals surface area contributed by atoms with Crippen molar-refractivity contribution in [3.05, 3.63) is 0 Å². The Bertz CT molecular complexity index is 362. The molecule has 0 aliphatic carbocycles. The monoisotopic (exact) mass is 270 g/mol. The molecular formula is C12H18N2O3S. The molecule has 2 heterocycles. The van der Waals surface area contributed by atoms with Gasteiger partial charge in [0, 0.05) is 38.1 Å². The number of hydrogen-bond donors (Lipinski definition) is 0. The summed E-state index contributed by atoms with van der Waals surface area (Å²) in [6.45, 7) is 2.83. The first kappa shape index (κ1) is 13.4. The Morgan fingerprint density at radius 1 is 1.33 bits per heavy atom. The molecule has 2 fully saturated rings. The molecule has 5 nitrogen and oxygen atoms in total. The van der Waals surface area contributed by atoms with Crippen molar-refractivity contribution < 1.29 is 14.4 Å². The van der Waals surface area contributed by atoms with Gasteiger partial charge in [0.2, 0.25) is 11.8 Å². The van der Waals surface area contributed by atoms with Gasteiger partial charge in [-0.3, -0.25) is 14.4 Å². The summed E-state index contributed by atoms with van der Waals surface area (Å²) in [5.74, 6) is 1.55. The lowest BCUT2D eigenvalue weighted by Gasteiger charge is -2.31. The van der Waals surface area contributed by atoms with Crippen LogP contribution in [0.5, 0.6) is 0 Å². The molecule has 2 saturated heterocycles. The summed E-state index contributed by atoms with van der Waals surface area (Å²) in [5.41, 5.74) is 0. The summed E-state index contributed by atoms with van der Waals surface area (Å²) < 4.78 is 0. The van der Waals surface area contributed by atoms with E-state index in [1.54, 1.807) is 21.6 Å². The maximum absolute atomic E-state index is 12.3. The molecule has 0 aromatic carbocycles. The lowest BCUT2D eigenvalue weighted by Crippen LogP contribution is -2.51. The van der Waals surface area contributed by atoms with Gasteiger partial charge in [-0.05, 0) is 0 Å². The van der Waals surface area contributed by atoms with E-state index in [4.69, 9.17) is 0 Å². The average Bonchev–Trinajstić information content (AvgIpc) is 2.87. The third kappa shape index (κ3) is 2.68. The first-order chi connectivity index (χ1) is 8.63. The van der Waals surface area contributed by atoms with Crippen molar-refractivity contribution in [1.29, 1.82) is 0 Å². The van der Waals surface area contributed by atoms with Gasteiger partial charge in [-0.25, -0.2) is 0 Å². The highest BCUT2D eigenvalue weighted by atomic mass is 32.2. The standard InChI is InChI=1S/C12H18N2O3S/c1-2-11(16)14-8-18-7-10(14)12(17)13-5-3-9(15)4-6-13/h10H,2-8H2,1H3. The number of carbonyl (C=O) groups is 3. The molecule has 0 radical (unpaired) electrons. The number of amides is 2. The van der Waals surface area contributed by atoms with Gasteiger partial charge in [0.1, 0.15) is 11.8 Å². The van der Waals surface area contributed by atoms with Crippen molar-refractivity contribution in [1.82, 2.24) is 9.80 Å². The zero-order chi connectivity index (χ0) is 13.1. The second-order valence-electron chi connectivity index (χ2n) is 4.60. The van der Waals surface area contributed by atoms with Crippen LogP contribution < -0.4 is 0 Å². The Hall–Kier alpha value is -1.04. The predicted octanol–water partition coefficient (Wildman–Crippen LogP) is 0.489. The molecular weight excluding hydrogens is 252 g/mol. The van der Waals surface area contributed by atoms with Crippen LogP contribution in [-0.2, 0) is 14.4 Å². The Kier molecular flexibility index (Phi) is 4.27. The van der Waals surface area contributed by atoms with Gasteiger partial charge in [0.25, 0.3) is 0 Å². The zero-order valence-electron chi connectivity index (χ0n) is 10.6. The van der Waals surface area contributed by atoms with Gasteiger partial charge in [0.15, 0.2) is 0 Å². The predicted molar refractivity (Wildman–Crippen MR) is 69.1 cm³/mol. The van der Waals surface area contributed by atoms with Gasteiger partial charge in [0.05, 0.1) is 5.88 Å². The molecule has 2 amide bonds. The van der Waals surface area contributed by atoms with E-state index in [1.807, 2.05) is 6.92 Å². The van der Waals surface area contributed by atoms with Gasteiger partial charge < -0.3 is 9.80 Å². The number of carbonyl (C=O) groups excluding carboxylic acids is 3. The third-order valence-corrected chi connectivity index (χ3v) is 4.44. The van der Waals surface area contributed by atoms with Crippen molar-refractivity contribution in [3.8, 4) is 0 Å². The summed E-state index contributed by atoms with van der Waals surface area (Å²) in [5, 5.41) is 0. The van der Waals surface area contributed by atoms with Crippen LogP contribution in [0.2, 0.25) is 0 Å². The highest BCUT2D eigenvalue weighted by Gasteiger charge is 2.37. The van der Waals surface area contributed by atoms with Crippen LogP contribution in [0, 0.1) is 0 Å². The Morgan fingerprint density at radius 3 is 2.61 bits per heavy atom. The number of rotatable bonds is 2. The molecule has 18 heavy (non-hydrogen) atoms. The maximum Gasteiger partial charge on any atom is 0.246 e. The molecule has 1 unspecified atom stereocenters. The number of likely N-dealkylation sites (tertiary alicyclic amines) is 1. The lowest BCUT2D eigenvalue weighted by atomic mass is 10.1. The molecule has 0 aromatic rings. The largest absolute Gasteiger partial charge is 0.340 e. The van der Waals surface area contributed by atoms with Gasteiger partial charge in [-0.1, -0.05) is 6.92 Å². The van der Waals surface area contributed by atoms with Crippen LogP contribution in [0.25, 0.3) is 0 Å². The normalized spacial score (nSPS) is 24.5. The zero-order valence-corrected chi connectivity index (χ0v) is 11.4. The minimum atomic E-state index is -0.323. The van der Waals surface area contributed by atoms with E-state index < -0.39 is 0 Å². The minimum absolute atomic E-state index is 0.00861. The summed E-state index contributed by atoms with van der Waals surface area (Å²) in [6, 6.07) is -0.323. The van der Waals surface area contributed by atoms with Crippen LogP contribution >= 0.6 is 11.8 Å². The summed E-state index contributed by atoms with van der Waals surface area (Å²) in [6.07, 6.45) is 1.34. The molecule has 0 N–H and O–H groups in total. The second-order valence-corrected chi connectivity index (χ2v) is 5.60. The van der Waals surface area contributed by atoms with Crippen molar-refractivity contribution in [2.24, 2.45) is 0 Å². The number of hydrogen-bond acceptors (Lipinski definition) is 4. The molecule has 2 rings (SSSR count). The Labute approximate surface area is 111 Å². The van der Waals surface area contributed by atoms with Crippen molar-refractivity contribution in [2.75, 3.05) is 24.7 Å². The fourth-order valence-electron chi connectivity index (χ4n) is 2.28. The smallest absolute Gasteiger partial charge is 0.246 e. The SMILES string of the molecule is CCC(=O)N1CSCC1C(=O)N1CCC(=O)CC1. The van der Waals surface area contributed by atoms with E-state index >= 15 is 0 Å². The third-order valence-electron chi connectivity index (χ3n) is 3.42. The van der Waals surface area contributed by atoms with Crippen LogP contribution in [-0.4, -0.2) is 58.2 Å². The topological polar surface area (TPSA) is 57.7 Å². The van der Waals surface area contributed by atoms with Crippen LogP contribution in [0.15, 0.2) is 0 Å². The fourth-order valence-corrected chi connectivity index (χ4v) is 3.46. The highest BCUT2D eigenvalue weighted by Crippen LogP contribution is 2.24. The first-order valence-corrected chi connectivity index (χ1v) is 7.46. The molecule has 0 spiro atoms. The van der Waals surface area contributed by atoms with E-state index in [2.05, 4.69) is 0 Å². The Balaban J connectivity index is 1.99. The van der Waals surface area contributed by atoms with E-state index in [9.17, 15) is 14.4 Å². The van der Waals surface area contributed by atoms with Crippen molar-refractivity contribution in [3.63, 3.8) is 0 Å². The minimum Gasteiger partial charge on any atom is -0.340 e. The quantitative estimate of drug-likeness (QED) is 0.733. The molecule has 2 aliphatic heterocycles. The summed E-state index contributed by atoms with van der Waals surface area (Å²) >= 11 is 1.62. The number of ketones is 1. The van der Waals surface area contributed by atoms with Gasteiger partial charge in [-0.15, -0.1) is 11.8 Å². The number of Topliss-reactive ketones (excluding diaryl/α,β-unsaturated/α-hetero) is 1. The number of nitrogens with zero attached hydrogens (tertiary/aromatic N) is 2. The van der Waals surface area contributed by atoms with Crippen LogP contribution in [0.4, 0.5) is 0 Å². The first-order valence-electron chi connectivity index (χ1n) is 6.31. The van der Waals surface area contributed by atoms with E-state index in [-0.39, 0.29) is 23.6 Å². The Morgan fingerprint density at radius 2 is 2.00 bits per heavy atom. The molecule has 0 aromatic heterocycles. The summed E-state index contributed by atoms with van der Waals surface area (Å²) in [7, 11) is 0. The molecule has 0 bridgehead atoms. The molecule has 0 saturated carbocycles. The summed E-state index contributed by atoms with van der Waals surface area (Å²) in [4.78, 5) is 38.7. The van der Waals surface area contributed by atoms with Crippen molar-refractivity contribution in [2.45, 2.75) is 32.2 Å². The molecule has 100 valence electrons. The van der Waals surface area contributed by atoms with Crippen molar-refractivity contribution >= 4 is 29.4 Å².